The van der Waals surface area contributed by atoms with E-state index in [1.165, 1.54) is 0 Å². The number of halogens is 1. The fourth-order valence-electron chi connectivity index (χ4n) is 1.95. The topological polar surface area (TPSA) is 41.6 Å². The van der Waals surface area contributed by atoms with Gasteiger partial charge in [-0.1, -0.05) is 22.0 Å². The zero-order valence-electron chi connectivity index (χ0n) is 10.4. The predicted octanol–water partition coefficient (Wildman–Crippen LogP) is 2.11. The van der Waals surface area contributed by atoms with Gasteiger partial charge in [0.05, 0.1) is 13.2 Å². The van der Waals surface area contributed by atoms with Crippen molar-refractivity contribution in [2.24, 2.45) is 0 Å². The SMILES string of the molecule is CC(Nc1cccc(Br)c1)C(=O)N1CCOCC1. The highest BCUT2D eigenvalue weighted by Gasteiger charge is 2.22. The minimum atomic E-state index is -0.225. The first-order chi connectivity index (χ1) is 8.66. The molecule has 0 aromatic heterocycles. The van der Waals surface area contributed by atoms with Crippen molar-refractivity contribution in [3.05, 3.63) is 28.7 Å². The minimum absolute atomic E-state index is 0.123. The number of carbonyl (C=O) groups excluding carboxylic acids is 1. The van der Waals surface area contributed by atoms with Crippen LogP contribution in [0.15, 0.2) is 28.7 Å². The molecule has 1 fully saturated rings. The lowest BCUT2D eigenvalue weighted by Gasteiger charge is -2.29. The van der Waals surface area contributed by atoms with E-state index in [0.717, 1.165) is 10.2 Å². The number of carbonyl (C=O) groups is 1. The maximum Gasteiger partial charge on any atom is 0.244 e. The van der Waals surface area contributed by atoms with Crippen molar-refractivity contribution >= 4 is 27.5 Å². The highest BCUT2D eigenvalue weighted by molar-refractivity contribution is 9.10. The van der Waals surface area contributed by atoms with Gasteiger partial charge < -0.3 is 15.0 Å². The number of ether oxygens (including phenoxy) is 1. The lowest BCUT2D eigenvalue weighted by molar-refractivity contribution is -0.135. The number of morpholine rings is 1. The molecule has 98 valence electrons. The number of hydrogen-bond donors (Lipinski definition) is 1. The maximum absolute atomic E-state index is 12.2. The standard InChI is InChI=1S/C13H17BrN2O2/c1-10(13(17)16-5-7-18-8-6-16)15-12-4-2-3-11(14)9-12/h2-4,9-10,15H,5-8H2,1H3. The Morgan fingerprint density at radius 1 is 1.44 bits per heavy atom. The predicted molar refractivity (Wildman–Crippen MR) is 74.6 cm³/mol. The maximum atomic E-state index is 12.2. The number of amides is 1. The molecule has 0 aliphatic carbocycles. The number of anilines is 1. The number of hydrogen-bond acceptors (Lipinski definition) is 3. The Hall–Kier alpha value is -1.07. The normalized spacial score (nSPS) is 17.3. The van der Waals surface area contributed by atoms with E-state index >= 15 is 0 Å². The summed E-state index contributed by atoms with van der Waals surface area (Å²) in [5.74, 6) is 0.123. The van der Waals surface area contributed by atoms with E-state index in [4.69, 9.17) is 4.74 Å². The third kappa shape index (κ3) is 3.46. The van der Waals surface area contributed by atoms with Crippen molar-refractivity contribution in [2.45, 2.75) is 13.0 Å². The molecule has 5 heteroatoms. The number of nitrogens with one attached hydrogen (secondary N) is 1. The van der Waals surface area contributed by atoms with Crippen LogP contribution in [0.1, 0.15) is 6.92 Å². The molecule has 0 saturated carbocycles. The third-order valence-electron chi connectivity index (χ3n) is 2.90. The van der Waals surface area contributed by atoms with Gasteiger partial charge in [-0.2, -0.15) is 0 Å². The van der Waals surface area contributed by atoms with Crippen LogP contribution >= 0.6 is 15.9 Å². The zero-order chi connectivity index (χ0) is 13.0. The van der Waals surface area contributed by atoms with Crippen LogP contribution in [0.2, 0.25) is 0 Å². The van der Waals surface area contributed by atoms with Crippen molar-refractivity contribution in [1.29, 1.82) is 0 Å². The molecular weight excluding hydrogens is 296 g/mol. The van der Waals surface area contributed by atoms with Gasteiger partial charge in [-0.3, -0.25) is 4.79 Å². The van der Waals surface area contributed by atoms with Gasteiger partial charge in [0, 0.05) is 23.2 Å². The summed E-state index contributed by atoms with van der Waals surface area (Å²) in [6.07, 6.45) is 0. The number of nitrogens with zero attached hydrogens (tertiary/aromatic N) is 1. The second-order valence-corrected chi connectivity index (χ2v) is 5.23. The van der Waals surface area contributed by atoms with Crippen LogP contribution in [0.4, 0.5) is 5.69 Å². The quantitative estimate of drug-likeness (QED) is 0.929. The van der Waals surface area contributed by atoms with E-state index in [1.807, 2.05) is 36.1 Å². The summed E-state index contributed by atoms with van der Waals surface area (Å²) in [5.41, 5.74) is 0.943. The second kappa shape index (κ2) is 6.20. The van der Waals surface area contributed by atoms with Crippen molar-refractivity contribution in [2.75, 3.05) is 31.6 Å². The Bertz CT molecular complexity index is 419. The third-order valence-corrected chi connectivity index (χ3v) is 3.39. The average Bonchev–Trinajstić information content (AvgIpc) is 2.39. The summed E-state index contributed by atoms with van der Waals surface area (Å²) in [6.45, 7) is 4.52. The molecule has 0 spiro atoms. The summed E-state index contributed by atoms with van der Waals surface area (Å²) < 4.78 is 6.24. The summed E-state index contributed by atoms with van der Waals surface area (Å²) in [4.78, 5) is 14.0. The van der Waals surface area contributed by atoms with Crippen molar-refractivity contribution in [3.63, 3.8) is 0 Å². The van der Waals surface area contributed by atoms with Crippen LogP contribution in [0, 0.1) is 0 Å². The van der Waals surface area contributed by atoms with Crippen molar-refractivity contribution < 1.29 is 9.53 Å². The second-order valence-electron chi connectivity index (χ2n) is 4.31. The van der Waals surface area contributed by atoms with E-state index in [0.29, 0.717) is 26.3 Å². The summed E-state index contributed by atoms with van der Waals surface area (Å²) in [5, 5.41) is 3.22. The molecule has 18 heavy (non-hydrogen) atoms. The van der Waals surface area contributed by atoms with Crippen molar-refractivity contribution in [1.82, 2.24) is 4.90 Å². The Labute approximate surface area is 115 Å². The fourth-order valence-corrected chi connectivity index (χ4v) is 2.35. The van der Waals surface area contributed by atoms with Crippen LogP contribution in [0.25, 0.3) is 0 Å². The first-order valence-corrected chi connectivity index (χ1v) is 6.85. The average molecular weight is 313 g/mol. The van der Waals surface area contributed by atoms with Crippen LogP contribution in [0.3, 0.4) is 0 Å². The van der Waals surface area contributed by atoms with E-state index in [2.05, 4.69) is 21.2 Å². The van der Waals surface area contributed by atoms with Crippen LogP contribution < -0.4 is 5.32 Å². The molecular formula is C13H17BrN2O2. The minimum Gasteiger partial charge on any atom is -0.378 e. The van der Waals surface area contributed by atoms with Gasteiger partial charge in [0.1, 0.15) is 6.04 Å². The molecule has 1 aromatic carbocycles. The molecule has 1 N–H and O–H groups in total. The molecule has 0 radical (unpaired) electrons. The van der Waals surface area contributed by atoms with Gasteiger partial charge in [-0.25, -0.2) is 0 Å². The fraction of sp³-hybridized carbons (Fsp3) is 0.462. The highest BCUT2D eigenvalue weighted by Crippen LogP contribution is 2.17. The number of rotatable bonds is 3. The molecule has 1 aliphatic heterocycles. The Balaban J connectivity index is 1.94. The highest BCUT2D eigenvalue weighted by atomic mass is 79.9. The molecule has 1 heterocycles. The molecule has 1 unspecified atom stereocenters. The van der Waals surface area contributed by atoms with Crippen molar-refractivity contribution in [3.8, 4) is 0 Å². The first kappa shape index (κ1) is 13.4. The molecule has 0 bridgehead atoms. The Morgan fingerprint density at radius 2 is 2.17 bits per heavy atom. The molecule has 1 atom stereocenters. The summed E-state index contributed by atoms with van der Waals surface area (Å²) in [7, 11) is 0. The molecule has 1 saturated heterocycles. The van der Waals surface area contributed by atoms with Crippen LogP contribution in [-0.2, 0) is 9.53 Å². The van der Waals surface area contributed by atoms with E-state index in [1.54, 1.807) is 0 Å². The molecule has 2 rings (SSSR count). The van der Waals surface area contributed by atoms with Gasteiger partial charge in [0.25, 0.3) is 0 Å². The summed E-state index contributed by atoms with van der Waals surface area (Å²) in [6, 6.07) is 7.59. The lowest BCUT2D eigenvalue weighted by Crippen LogP contribution is -2.46. The van der Waals surface area contributed by atoms with Gasteiger partial charge >= 0.3 is 0 Å². The molecule has 1 aliphatic rings. The Kier molecular flexibility index (Phi) is 4.60. The van der Waals surface area contributed by atoms with E-state index < -0.39 is 0 Å². The van der Waals surface area contributed by atoms with Crippen LogP contribution in [0.5, 0.6) is 0 Å². The van der Waals surface area contributed by atoms with E-state index in [-0.39, 0.29) is 11.9 Å². The van der Waals surface area contributed by atoms with Gasteiger partial charge in [0.2, 0.25) is 5.91 Å². The largest absolute Gasteiger partial charge is 0.378 e. The van der Waals surface area contributed by atoms with Crippen LogP contribution in [-0.4, -0.2) is 43.2 Å². The monoisotopic (exact) mass is 312 g/mol. The smallest absolute Gasteiger partial charge is 0.244 e. The van der Waals surface area contributed by atoms with Gasteiger partial charge in [-0.05, 0) is 25.1 Å². The molecule has 4 nitrogen and oxygen atoms in total. The number of benzene rings is 1. The zero-order valence-corrected chi connectivity index (χ0v) is 11.9. The summed E-state index contributed by atoms with van der Waals surface area (Å²) >= 11 is 3.41. The van der Waals surface area contributed by atoms with Gasteiger partial charge in [-0.15, -0.1) is 0 Å². The molecule has 1 amide bonds. The van der Waals surface area contributed by atoms with E-state index in [9.17, 15) is 4.79 Å². The lowest BCUT2D eigenvalue weighted by atomic mass is 10.2. The molecule has 1 aromatic rings. The van der Waals surface area contributed by atoms with Gasteiger partial charge in [0.15, 0.2) is 0 Å². The Morgan fingerprint density at radius 3 is 2.83 bits per heavy atom. The first-order valence-electron chi connectivity index (χ1n) is 6.05.